The number of benzene rings is 1. The quantitative estimate of drug-likeness (QED) is 0.883. The van der Waals surface area contributed by atoms with Crippen molar-refractivity contribution in [3.8, 4) is 0 Å². The lowest BCUT2D eigenvalue weighted by atomic mass is 10.1. The van der Waals surface area contributed by atoms with E-state index >= 15 is 0 Å². The van der Waals surface area contributed by atoms with E-state index in [0.717, 1.165) is 22.8 Å². The van der Waals surface area contributed by atoms with E-state index < -0.39 is 17.7 Å². The normalized spacial score (nSPS) is 12.9. The highest BCUT2D eigenvalue weighted by atomic mass is 16.6. The fraction of sp³-hybridized carbons (Fsp3) is 0.412. The molecule has 0 aliphatic heterocycles. The molecule has 22 heavy (non-hydrogen) atoms. The highest BCUT2D eigenvalue weighted by Gasteiger charge is 2.25. The Balaban J connectivity index is 2.15. The minimum Gasteiger partial charge on any atom is -0.444 e. The lowest BCUT2D eigenvalue weighted by Crippen LogP contribution is -2.42. The van der Waals surface area contributed by atoms with E-state index in [0.29, 0.717) is 6.42 Å². The SMILES string of the molecule is CN(C(=O)OC(C)(C)C)C(C=O)Cc1c[nH]c2ccccc12. The first-order chi connectivity index (χ1) is 10.3. The van der Waals surface area contributed by atoms with Crippen molar-refractivity contribution in [3.63, 3.8) is 0 Å². The van der Waals surface area contributed by atoms with Gasteiger partial charge in [0.15, 0.2) is 0 Å². The maximum absolute atomic E-state index is 12.1. The number of rotatable bonds is 4. The molecule has 0 saturated carbocycles. The predicted molar refractivity (Wildman–Crippen MR) is 85.9 cm³/mol. The number of aromatic nitrogens is 1. The molecular weight excluding hydrogens is 280 g/mol. The Morgan fingerprint density at radius 3 is 2.68 bits per heavy atom. The van der Waals surface area contributed by atoms with E-state index in [1.165, 1.54) is 4.90 Å². The molecule has 1 N–H and O–H groups in total. The second-order valence-corrected chi connectivity index (χ2v) is 6.36. The summed E-state index contributed by atoms with van der Waals surface area (Å²) >= 11 is 0. The van der Waals surface area contributed by atoms with Gasteiger partial charge in [-0.3, -0.25) is 0 Å². The number of amides is 1. The smallest absolute Gasteiger partial charge is 0.410 e. The molecule has 0 fully saturated rings. The number of nitrogens with zero attached hydrogens (tertiary/aromatic N) is 1. The molecule has 2 rings (SSSR count). The second kappa shape index (κ2) is 6.22. The first-order valence-electron chi connectivity index (χ1n) is 7.28. The molecule has 0 aliphatic carbocycles. The van der Waals surface area contributed by atoms with Crippen LogP contribution >= 0.6 is 0 Å². The number of likely N-dealkylation sites (N-methyl/N-ethyl adjacent to an activating group) is 1. The maximum Gasteiger partial charge on any atom is 0.410 e. The van der Waals surface area contributed by atoms with Gasteiger partial charge in [-0.15, -0.1) is 0 Å². The van der Waals surface area contributed by atoms with Crippen LogP contribution in [0.25, 0.3) is 10.9 Å². The van der Waals surface area contributed by atoms with Crippen molar-refractivity contribution >= 4 is 23.3 Å². The van der Waals surface area contributed by atoms with E-state index in [2.05, 4.69) is 4.98 Å². The summed E-state index contributed by atoms with van der Waals surface area (Å²) in [5.41, 5.74) is 1.43. The maximum atomic E-state index is 12.1. The van der Waals surface area contributed by atoms with Gasteiger partial charge in [0.1, 0.15) is 11.9 Å². The summed E-state index contributed by atoms with van der Waals surface area (Å²) in [5, 5.41) is 1.06. The van der Waals surface area contributed by atoms with Crippen molar-refractivity contribution in [1.82, 2.24) is 9.88 Å². The molecule has 1 atom stereocenters. The molecule has 2 aromatic rings. The van der Waals surface area contributed by atoms with E-state index in [1.807, 2.05) is 30.5 Å². The Hall–Kier alpha value is -2.30. The van der Waals surface area contributed by atoms with Crippen molar-refractivity contribution in [3.05, 3.63) is 36.0 Å². The second-order valence-electron chi connectivity index (χ2n) is 6.36. The number of aldehydes is 1. The third-order valence-corrected chi connectivity index (χ3v) is 3.44. The van der Waals surface area contributed by atoms with Crippen LogP contribution in [-0.4, -0.2) is 41.0 Å². The average molecular weight is 302 g/mol. The lowest BCUT2D eigenvalue weighted by Gasteiger charge is -2.28. The molecule has 1 heterocycles. The first-order valence-corrected chi connectivity index (χ1v) is 7.28. The minimum absolute atomic E-state index is 0.448. The third-order valence-electron chi connectivity index (χ3n) is 3.44. The van der Waals surface area contributed by atoms with Gasteiger partial charge in [-0.25, -0.2) is 4.79 Å². The lowest BCUT2D eigenvalue weighted by molar-refractivity contribution is -0.112. The van der Waals surface area contributed by atoms with Gasteiger partial charge in [-0.05, 0) is 32.4 Å². The Bertz CT molecular complexity index is 670. The summed E-state index contributed by atoms with van der Waals surface area (Å²) in [4.78, 5) is 28.0. The number of hydrogen-bond donors (Lipinski definition) is 1. The molecule has 1 aromatic carbocycles. The average Bonchev–Trinajstić information content (AvgIpc) is 2.85. The highest BCUT2D eigenvalue weighted by molar-refractivity contribution is 5.84. The molecule has 0 aliphatic rings. The van der Waals surface area contributed by atoms with Crippen LogP contribution in [0.1, 0.15) is 26.3 Å². The molecule has 5 heteroatoms. The largest absolute Gasteiger partial charge is 0.444 e. The van der Waals surface area contributed by atoms with Gasteiger partial charge in [0.05, 0.1) is 6.04 Å². The summed E-state index contributed by atoms with van der Waals surface area (Å²) in [6, 6.07) is 7.32. The fourth-order valence-electron chi connectivity index (χ4n) is 2.27. The van der Waals surface area contributed by atoms with E-state index in [-0.39, 0.29) is 0 Å². The van der Waals surface area contributed by atoms with Crippen molar-refractivity contribution in [2.45, 2.75) is 38.8 Å². The number of fused-ring (bicyclic) bond motifs is 1. The van der Waals surface area contributed by atoms with Crippen molar-refractivity contribution < 1.29 is 14.3 Å². The van der Waals surface area contributed by atoms with Crippen molar-refractivity contribution in [2.24, 2.45) is 0 Å². The fourth-order valence-corrected chi connectivity index (χ4v) is 2.27. The van der Waals surface area contributed by atoms with Gasteiger partial charge in [0.2, 0.25) is 0 Å². The first kappa shape index (κ1) is 16.1. The van der Waals surface area contributed by atoms with Gasteiger partial charge in [0, 0.05) is 30.6 Å². The molecule has 118 valence electrons. The van der Waals surface area contributed by atoms with Crippen LogP contribution in [0.5, 0.6) is 0 Å². The molecule has 0 spiro atoms. The Morgan fingerprint density at radius 1 is 1.36 bits per heavy atom. The van der Waals surface area contributed by atoms with Gasteiger partial charge >= 0.3 is 6.09 Å². The number of aromatic amines is 1. The van der Waals surface area contributed by atoms with E-state index in [4.69, 9.17) is 4.74 Å². The molecule has 0 bridgehead atoms. The Labute approximate surface area is 130 Å². The van der Waals surface area contributed by atoms with Gasteiger partial charge < -0.3 is 19.4 Å². The van der Waals surface area contributed by atoms with Crippen LogP contribution in [0.3, 0.4) is 0 Å². The number of para-hydroxylation sites is 1. The zero-order valence-corrected chi connectivity index (χ0v) is 13.4. The summed E-state index contributed by atoms with van der Waals surface area (Å²) in [6.45, 7) is 5.40. The van der Waals surface area contributed by atoms with E-state index in [1.54, 1.807) is 27.8 Å². The van der Waals surface area contributed by atoms with Crippen LogP contribution in [0.15, 0.2) is 30.5 Å². The zero-order valence-electron chi connectivity index (χ0n) is 13.4. The standard InChI is InChI=1S/C17H22N2O3/c1-17(2,3)22-16(21)19(4)13(11-20)9-12-10-18-15-8-6-5-7-14(12)15/h5-8,10-11,13,18H,9H2,1-4H3. The topological polar surface area (TPSA) is 62.4 Å². The van der Waals surface area contributed by atoms with Gasteiger partial charge in [-0.2, -0.15) is 0 Å². The molecule has 1 amide bonds. The van der Waals surface area contributed by atoms with Crippen LogP contribution in [0.4, 0.5) is 4.79 Å². The summed E-state index contributed by atoms with van der Waals surface area (Å²) in [5.74, 6) is 0. The van der Waals surface area contributed by atoms with Crippen LogP contribution in [0.2, 0.25) is 0 Å². The number of carbonyl (C=O) groups excluding carboxylic acids is 2. The predicted octanol–water partition coefficient (Wildman–Crippen LogP) is 3.14. The third kappa shape index (κ3) is 3.67. The molecular formula is C17H22N2O3. The highest BCUT2D eigenvalue weighted by Crippen LogP contribution is 2.20. The summed E-state index contributed by atoms with van der Waals surface area (Å²) in [7, 11) is 1.59. The Kier molecular flexibility index (Phi) is 4.54. The summed E-state index contributed by atoms with van der Waals surface area (Å²) in [6.07, 6.45) is 2.61. The number of carbonyl (C=O) groups is 2. The van der Waals surface area contributed by atoms with Gasteiger partial charge in [-0.1, -0.05) is 18.2 Å². The number of ether oxygens (including phenoxy) is 1. The number of H-pyrrole nitrogens is 1. The monoisotopic (exact) mass is 302 g/mol. The van der Waals surface area contributed by atoms with Gasteiger partial charge in [0.25, 0.3) is 0 Å². The van der Waals surface area contributed by atoms with Crippen LogP contribution in [0, 0.1) is 0 Å². The van der Waals surface area contributed by atoms with Crippen LogP contribution in [-0.2, 0) is 16.0 Å². The zero-order chi connectivity index (χ0) is 16.3. The molecule has 0 saturated heterocycles. The minimum atomic E-state index is -0.584. The molecule has 0 radical (unpaired) electrons. The van der Waals surface area contributed by atoms with Crippen LogP contribution < -0.4 is 0 Å². The summed E-state index contributed by atoms with van der Waals surface area (Å²) < 4.78 is 5.31. The van der Waals surface area contributed by atoms with Crippen molar-refractivity contribution in [1.29, 1.82) is 0 Å². The van der Waals surface area contributed by atoms with Crippen molar-refractivity contribution in [2.75, 3.05) is 7.05 Å². The van der Waals surface area contributed by atoms with E-state index in [9.17, 15) is 9.59 Å². The molecule has 1 aromatic heterocycles. The Morgan fingerprint density at radius 2 is 2.05 bits per heavy atom. The molecule has 5 nitrogen and oxygen atoms in total. The number of nitrogens with one attached hydrogen (secondary N) is 1. The molecule has 1 unspecified atom stereocenters. The number of hydrogen-bond acceptors (Lipinski definition) is 3.